The zero-order chi connectivity index (χ0) is 18.6. The van der Waals surface area contributed by atoms with E-state index in [1.165, 1.54) is 28.6 Å². The third kappa shape index (κ3) is 4.45. The molecule has 8 heteroatoms. The molecule has 0 bridgehead atoms. The lowest BCUT2D eigenvalue weighted by molar-refractivity contribution is -0.137. The molecule has 0 spiro atoms. The predicted molar refractivity (Wildman–Crippen MR) is 95.7 cm³/mol. The smallest absolute Gasteiger partial charge is 0.250 e. The van der Waals surface area contributed by atoms with Gasteiger partial charge in [0.1, 0.15) is 0 Å². The quantitative estimate of drug-likeness (QED) is 0.521. The van der Waals surface area contributed by atoms with Gasteiger partial charge in [-0.15, -0.1) is 0 Å². The van der Waals surface area contributed by atoms with Gasteiger partial charge >= 0.3 is 6.18 Å². The molecule has 0 aliphatic heterocycles. The van der Waals surface area contributed by atoms with E-state index in [2.05, 4.69) is 15.3 Å². The summed E-state index contributed by atoms with van der Waals surface area (Å²) in [6.07, 6.45) is -1.50. The van der Waals surface area contributed by atoms with Crippen LogP contribution in [0.3, 0.4) is 0 Å². The van der Waals surface area contributed by atoms with Crippen LogP contribution in [-0.2, 0) is 19.0 Å². The molecule has 3 aromatic rings. The second-order valence-corrected chi connectivity index (χ2v) is 5.99. The summed E-state index contributed by atoms with van der Waals surface area (Å²) in [7, 11) is 0. The Morgan fingerprint density at radius 2 is 1.73 bits per heavy atom. The van der Waals surface area contributed by atoms with Crippen LogP contribution in [0.15, 0.2) is 59.7 Å². The van der Waals surface area contributed by atoms with Crippen LogP contribution in [0.5, 0.6) is 0 Å². The second kappa shape index (κ2) is 7.65. The maximum Gasteiger partial charge on any atom is 0.416 e. The average molecular weight is 376 g/mol. The summed E-state index contributed by atoms with van der Waals surface area (Å²) in [4.78, 5) is 0. The Balaban J connectivity index is 1.74. The zero-order valence-corrected chi connectivity index (χ0v) is 14.4. The molecule has 4 nitrogen and oxygen atoms in total. The Labute approximate surface area is 153 Å². The van der Waals surface area contributed by atoms with Crippen molar-refractivity contribution in [2.24, 2.45) is 5.10 Å². The maximum atomic E-state index is 12.6. The highest BCUT2D eigenvalue weighted by Gasteiger charge is 2.29. The Morgan fingerprint density at radius 1 is 1.04 bits per heavy atom. The van der Waals surface area contributed by atoms with Crippen molar-refractivity contribution in [1.82, 2.24) is 14.9 Å². The molecule has 0 fully saturated rings. The fourth-order valence-electron chi connectivity index (χ4n) is 2.39. The van der Waals surface area contributed by atoms with E-state index in [4.69, 9.17) is 12.2 Å². The fraction of sp³-hybridized carbons (Fsp3) is 0.167. The number of aromatic nitrogens is 3. The molecule has 0 radical (unpaired) electrons. The van der Waals surface area contributed by atoms with Crippen LogP contribution in [0.2, 0.25) is 0 Å². The topological polar surface area (TPSA) is 46.0 Å². The summed E-state index contributed by atoms with van der Waals surface area (Å²) in [5.41, 5.74) is 1.01. The van der Waals surface area contributed by atoms with Crippen molar-refractivity contribution < 1.29 is 13.2 Å². The van der Waals surface area contributed by atoms with Crippen molar-refractivity contribution in [3.63, 3.8) is 0 Å². The molecular weight excluding hydrogens is 361 g/mol. The predicted octanol–water partition coefficient (Wildman–Crippen LogP) is 4.63. The Kier molecular flexibility index (Phi) is 5.32. The van der Waals surface area contributed by atoms with Gasteiger partial charge in [0.15, 0.2) is 5.82 Å². The van der Waals surface area contributed by atoms with Gasteiger partial charge in [0.05, 0.1) is 11.8 Å². The van der Waals surface area contributed by atoms with Crippen molar-refractivity contribution in [3.8, 4) is 0 Å². The SMILES string of the molecule is FC(F)(F)c1ccc(/C=N\n2c(CCc3ccccc3)n[nH]c2=S)cc1. The molecule has 134 valence electrons. The van der Waals surface area contributed by atoms with Gasteiger partial charge in [-0.05, 0) is 41.9 Å². The molecule has 0 unspecified atom stereocenters. The monoisotopic (exact) mass is 376 g/mol. The molecule has 2 aromatic carbocycles. The number of H-pyrrole nitrogens is 1. The number of benzene rings is 2. The van der Waals surface area contributed by atoms with Gasteiger partial charge in [-0.2, -0.15) is 28.0 Å². The summed E-state index contributed by atoms with van der Waals surface area (Å²) in [6, 6.07) is 14.7. The summed E-state index contributed by atoms with van der Waals surface area (Å²) >= 11 is 5.17. The lowest BCUT2D eigenvalue weighted by atomic mass is 10.1. The number of halogens is 3. The van der Waals surface area contributed by atoms with Crippen molar-refractivity contribution in [2.75, 3.05) is 0 Å². The van der Waals surface area contributed by atoms with E-state index in [1.807, 2.05) is 30.3 Å². The molecule has 3 rings (SSSR count). The molecule has 0 aliphatic carbocycles. The number of hydrogen-bond donors (Lipinski definition) is 1. The van der Waals surface area contributed by atoms with Gasteiger partial charge in [-0.3, -0.25) is 5.10 Å². The minimum atomic E-state index is -4.35. The molecule has 26 heavy (non-hydrogen) atoms. The lowest BCUT2D eigenvalue weighted by Gasteiger charge is -2.06. The highest BCUT2D eigenvalue weighted by molar-refractivity contribution is 7.71. The largest absolute Gasteiger partial charge is 0.416 e. The summed E-state index contributed by atoms with van der Waals surface area (Å²) in [5.74, 6) is 0.655. The van der Waals surface area contributed by atoms with Crippen LogP contribution >= 0.6 is 12.2 Å². The highest BCUT2D eigenvalue weighted by Crippen LogP contribution is 2.28. The van der Waals surface area contributed by atoms with Gasteiger partial charge in [0.25, 0.3) is 0 Å². The number of alkyl halides is 3. The Hall–Kier alpha value is -2.74. The van der Waals surface area contributed by atoms with Crippen LogP contribution in [0.4, 0.5) is 13.2 Å². The molecule has 1 heterocycles. The van der Waals surface area contributed by atoms with Gasteiger partial charge < -0.3 is 0 Å². The standard InChI is InChI=1S/C18H15F3N4S/c19-18(20,21)15-9-6-14(7-10-15)12-22-25-16(23-24-17(25)26)11-8-13-4-2-1-3-5-13/h1-7,9-10,12H,8,11H2,(H,24,26)/b22-12-. The summed E-state index contributed by atoms with van der Waals surface area (Å²) in [6.45, 7) is 0. The number of nitrogens with one attached hydrogen (secondary N) is 1. The number of nitrogens with zero attached hydrogens (tertiary/aromatic N) is 3. The van der Waals surface area contributed by atoms with E-state index in [0.29, 0.717) is 22.6 Å². The third-order valence-electron chi connectivity index (χ3n) is 3.76. The normalized spacial score (nSPS) is 12.0. The van der Waals surface area contributed by atoms with E-state index in [0.717, 1.165) is 18.6 Å². The second-order valence-electron chi connectivity index (χ2n) is 5.61. The van der Waals surface area contributed by atoms with Gasteiger partial charge in [-0.25, -0.2) is 0 Å². The van der Waals surface area contributed by atoms with Crippen molar-refractivity contribution in [1.29, 1.82) is 0 Å². The Bertz CT molecular complexity index is 941. The van der Waals surface area contributed by atoms with E-state index < -0.39 is 11.7 Å². The van der Waals surface area contributed by atoms with E-state index in [1.54, 1.807) is 0 Å². The minimum Gasteiger partial charge on any atom is -0.250 e. The van der Waals surface area contributed by atoms with Gasteiger partial charge in [0, 0.05) is 6.42 Å². The molecule has 0 atom stereocenters. The van der Waals surface area contributed by atoms with E-state index >= 15 is 0 Å². The molecule has 0 amide bonds. The van der Waals surface area contributed by atoms with E-state index in [9.17, 15) is 13.2 Å². The van der Waals surface area contributed by atoms with Crippen LogP contribution in [0.25, 0.3) is 0 Å². The number of aryl methyl sites for hydroxylation is 2. The van der Waals surface area contributed by atoms with Crippen molar-refractivity contribution in [3.05, 3.63) is 81.9 Å². The molecule has 1 aromatic heterocycles. The van der Waals surface area contributed by atoms with Gasteiger partial charge in [0.2, 0.25) is 4.77 Å². The minimum absolute atomic E-state index is 0.330. The molecular formula is C18H15F3N4S. The Morgan fingerprint density at radius 3 is 2.38 bits per heavy atom. The molecule has 0 aliphatic rings. The van der Waals surface area contributed by atoms with Crippen LogP contribution in [0.1, 0.15) is 22.5 Å². The molecule has 1 N–H and O–H groups in total. The first kappa shape index (κ1) is 18.1. The van der Waals surface area contributed by atoms with Crippen LogP contribution < -0.4 is 0 Å². The summed E-state index contributed by atoms with van der Waals surface area (Å²) < 4.78 is 39.6. The average Bonchev–Trinajstić information content (AvgIpc) is 2.98. The zero-order valence-electron chi connectivity index (χ0n) is 13.6. The van der Waals surface area contributed by atoms with Crippen molar-refractivity contribution >= 4 is 18.4 Å². The highest BCUT2D eigenvalue weighted by atomic mass is 32.1. The first-order valence-corrected chi connectivity index (χ1v) is 8.26. The van der Waals surface area contributed by atoms with Gasteiger partial charge in [-0.1, -0.05) is 42.5 Å². The first-order chi connectivity index (χ1) is 12.4. The molecule has 0 saturated heterocycles. The van der Waals surface area contributed by atoms with Crippen LogP contribution in [0, 0.1) is 4.77 Å². The first-order valence-electron chi connectivity index (χ1n) is 7.85. The lowest BCUT2D eigenvalue weighted by Crippen LogP contribution is -2.04. The van der Waals surface area contributed by atoms with Crippen LogP contribution in [-0.4, -0.2) is 21.1 Å². The summed E-state index contributed by atoms with van der Waals surface area (Å²) in [5, 5.41) is 11.1. The van der Waals surface area contributed by atoms with E-state index in [-0.39, 0.29) is 0 Å². The fourth-order valence-corrected chi connectivity index (χ4v) is 2.59. The maximum absolute atomic E-state index is 12.6. The molecule has 0 saturated carbocycles. The number of rotatable bonds is 5. The number of aromatic amines is 1. The third-order valence-corrected chi connectivity index (χ3v) is 4.02. The number of hydrogen-bond acceptors (Lipinski definition) is 3. The van der Waals surface area contributed by atoms with Crippen molar-refractivity contribution in [2.45, 2.75) is 19.0 Å².